The summed E-state index contributed by atoms with van der Waals surface area (Å²) in [6, 6.07) is 8.55. The Hall–Kier alpha value is -2.18. The van der Waals surface area contributed by atoms with Gasteiger partial charge in [0.15, 0.2) is 5.76 Å². The van der Waals surface area contributed by atoms with Crippen molar-refractivity contribution in [3.63, 3.8) is 0 Å². The first-order chi connectivity index (χ1) is 11.2. The fourth-order valence-electron chi connectivity index (χ4n) is 2.55. The minimum atomic E-state index is 0.282. The highest BCUT2D eigenvalue weighted by atomic mass is 32.1. The molecule has 4 heterocycles. The lowest BCUT2D eigenvalue weighted by Crippen LogP contribution is -2.11. The maximum absolute atomic E-state index is 6.12. The molecular formula is C17H15N3OS2. The van der Waals surface area contributed by atoms with Gasteiger partial charge in [-0.3, -0.25) is 0 Å². The van der Waals surface area contributed by atoms with Crippen molar-refractivity contribution in [2.45, 2.75) is 19.9 Å². The normalized spacial score (nSPS) is 11.4. The molecule has 0 spiro atoms. The van der Waals surface area contributed by atoms with Crippen molar-refractivity contribution >= 4 is 39.6 Å². The number of anilines is 1. The molecule has 0 aliphatic heterocycles. The molecule has 0 radical (unpaired) electrons. The third-order valence-corrected chi connectivity index (χ3v) is 5.18. The summed E-state index contributed by atoms with van der Waals surface area (Å²) in [7, 11) is 0. The van der Waals surface area contributed by atoms with E-state index in [4.69, 9.17) is 4.42 Å². The van der Waals surface area contributed by atoms with Crippen LogP contribution in [0.25, 0.3) is 32.2 Å². The molecule has 0 aliphatic rings. The summed E-state index contributed by atoms with van der Waals surface area (Å²) in [4.78, 5) is 11.0. The number of nitrogens with one attached hydrogen (secondary N) is 1. The summed E-state index contributed by atoms with van der Waals surface area (Å²) in [5, 5.41) is 8.49. The van der Waals surface area contributed by atoms with Gasteiger partial charge in [-0.1, -0.05) is 12.1 Å². The average molecular weight is 341 g/mol. The first-order valence-electron chi connectivity index (χ1n) is 7.36. The number of hydrogen-bond donors (Lipinski definition) is 1. The molecular weight excluding hydrogens is 326 g/mol. The predicted molar refractivity (Wildman–Crippen MR) is 97.2 cm³/mol. The first kappa shape index (κ1) is 14.4. The second kappa shape index (κ2) is 5.79. The largest absolute Gasteiger partial charge is 0.436 e. The van der Waals surface area contributed by atoms with E-state index in [1.165, 1.54) is 0 Å². The van der Waals surface area contributed by atoms with Gasteiger partial charge >= 0.3 is 0 Å². The molecule has 6 heteroatoms. The van der Waals surface area contributed by atoms with E-state index in [1.54, 1.807) is 29.0 Å². The van der Waals surface area contributed by atoms with Crippen LogP contribution in [0.3, 0.4) is 0 Å². The Morgan fingerprint density at radius 2 is 1.78 bits per heavy atom. The Kier molecular flexibility index (Phi) is 3.63. The number of nitrogens with zero attached hydrogens (tertiary/aromatic N) is 2. The second-order valence-electron chi connectivity index (χ2n) is 5.46. The van der Waals surface area contributed by atoms with Gasteiger partial charge in [-0.15, -0.1) is 22.7 Å². The third-order valence-electron chi connectivity index (χ3n) is 3.43. The number of rotatable bonds is 4. The standard InChI is InChI=1S/C17H15N3OS2/c1-10(2)20-16-14-13(11-5-3-7-22-11)15(12-6-4-8-23-12)21-17(14)19-9-18-16/h3-10H,1-2H3,(H,18,19,20). The summed E-state index contributed by atoms with van der Waals surface area (Å²) >= 11 is 3.36. The molecule has 23 heavy (non-hydrogen) atoms. The highest BCUT2D eigenvalue weighted by molar-refractivity contribution is 7.14. The molecule has 0 saturated heterocycles. The average Bonchev–Trinajstić information content (AvgIpc) is 3.26. The van der Waals surface area contributed by atoms with Gasteiger partial charge in [0, 0.05) is 10.9 Å². The Balaban J connectivity index is 2.05. The molecule has 0 aliphatic carbocycles. The van der Waals surface area contributed by atoms with E-state index < -0.39 is 0 Å². The maximum atomic E-state index is 6.12. The molecule has 4 aromatic heterocycles. The maximum Gasteiger partial charge on any atom is 0.232 e. The van der Waals surface area contributed by atoms with Crippen molar-refractivity contribution in [1.82, 2.24) is 9.97 Å². The molecule has 0 unspecified atom stereocenters. The lowest BCUT2D eigenvalue weighted by molar-refractivity contribution is 0.620. The van der Waals surface area contributed by atoms with Crippen molar-refractivity contribution in [2.24, 2.45) is 0 Å². The lowest BCUT2D eigenvalue weighted by atomic mass is 10.1. The summed E-state index contributed by atoms with van der Waals surface area (Å²) in [5.41, 5.74) is 1.69. The molecule has 4 aromatic rings. The van der Waals surface area contributed by atoms with E-state index >= 15 is 0 Å². The summed E-state index contributed by atoms with van der Waals surface area (Å²) < 4.78 is 6.12. The van der Waals surface area contributed by atoms with Crippen LogP contribution in [-0.4, -0.2) is 16.0 Å². The summed E-state index contributed by atoms with van der Waals surface area (Å²) in [6.45, 7) is 4.19. The number of fused-ring (bicyclic) bond motifs is 1. The van der Waals surface area contributed by atoms with E-state index in [1.807, 2.05) is 6.07 Å². The van der Waals surface area contributed by atoms with Crippen molar-refractivity contribution in [3.8, 4) is 21.1 Å². The predicted octanol–water partition coefficient (Wildman–Crippen LogP) is 5.50. The topological polar surface area (TPSA) is 51.0 Å². The van der Waals surface area contributed by atoms with Gasteiger partial charge in [0.05, 0.1) is 15.8 Å². The number of hydrogen-bond acceptors (Lipinski definition) is 6. The van der Waals surface area contributed by atoms with Crippen LogP contribution >= 0.6 is 22.7 Å². The number of aromatic nitrogens is 2. The van der Waals surface area contributed by atoms with Crippen LogP contribution < -0.4 is 5.32 Å². The van der Waals surface area contributed by atoms with Crippen LogP contribution in [0.5, 0.6) is 0 Å². The van der Waals surface area contributed by atoms with Crippen LogP contribution in [0.4, 0.5) is 5.82 Å². The fraction of sp³-hybridized carbons (Fsp3) is 0.176. The van der Waals surface area contributed by atoms with Crippen molar-refractivity contribution in [1.29, 1.82) is 0 Å². The second-order valence-corrected chi connectivity index (χ2v) is 7.36. The van der Waals surface area contributed by atoms with E-state index in [2.05, 4.69) is 58.1 Å². The Labute approximate surface area is 141 Å². The first-order valence-corrected chi connectivity index (χ1v) is 9.11. The van der Waals surface area contributed by atoms with Crippen LogP contribution in [0, 0.1) is 0 Å². The zero-order valence-corrected chi connectivity index (χ0v) is 14.4. The Bertz CT molecular complexity index is 924. The molecule has 0 bridgehead atoms. The lowest BCUT2D eigenvalue weighted by Gasteiger charge is -2.09. The minimum Gasteiger partial charge on any atom is -0.436 e. The monoisotopic (exact) mass is 341 g/mol. The van der Waals surface area contributed by atoms with Gasteiger partial charge in [-0.05, 0) is 36.7 Å². The number of thiophene rings is 2. The molecule has 116 valence electrons. The van der Waals surface area contributed by atoms with E-state index in [0.29, 0.717) is 5.71 Å². The highest BCUT2D eigenvalue weighted by Crippen LogP contribution is 2.45. The van der Waals surface area contributed by atoms with Gasteiger partial charge in [0.25, 0.3) is 0 Å². The zero-order valence-electron chi connectivity index (χ0n) is 12.7. The van der Waals surface area contributed by atoms with Gasteiger partial charge in [0.1, 0.15) is 12.1 Å². The SMILES string of the molecule is CC(C)Nc1ncnc2oc(-c3cccs3)c(-c3cccs3)c12. The minimum absolute atomic E-state index is 0.282. The molecule has 4 nitrogen and oxygen atoms in total. The van der Waals surface area contributed by atoms with E-state index in [9.17, 15) is 0 Å². The van der Waals surface area contributed by atoms with E-state index in [-0.39, 0.29) is 6.04 Å². The molecule has 0 amide bonds. The van der Waals surface area contributed by atoms with E-state index in [0.717, 1.165) is 32.3 Å². The molecule has 0 aromatic carbocycles. The van der Waals surface area contributed by atoms with Gasteiger partial charge < -0.3 is 9.73 Å². The highest BCUT2D eigenvalue weighted by Gasteiger charge is 2.23. The molecule has 0 fully saturated rings. The molecule has 0 saturated carbocycles. The Morgan fingerprint density at radius 3 is 2.43 bits per heavy atom. The summed E-state index contributed by atoms with van der Waals surface area (Å²) in [5.74, 6) is 1.68. The fourth-order valence-corrected chi connectivity index (χ4v) is 4.04. The smallest absolute Gasteiger partial charge is 0.232 e. The Morgan fingerprint density at radius 1 is 1.04 bits per heavy atom. The zero-order chi connectivity index (χ0) is 15.8. The van der Waals surface area contributed by atoms with Crippen molar-refractivity contribution < 1.29 is 4.42 Å². The third kappa shape index (κ3) is 2.54. The van der Waals surface area contributed by atoms with Crippen LogP contribution in [0.15, 0.2) is 45.8 Å². The van der Waals surface area contributed by atoms with Crippen molar-refractivity contribution in [2.75, 3.05) is 5.32 Å². The van der Waals surface area contributed by atoms with Crippen molar-refractivity contribution in [3.05, 3.63) is 41.4 Å². The number of furan rings is 1. The molecule has 4 rings (SSSR count). The van der Waals surface area contributed by atoms with Crippen LogP contribution in [0.1, 0.15) is 13.8 Å². The van der Waals surface area contributed by atoms with Crippen LogP contribution in [0.2, 0.25) is 0 Å². The van der Waals surface area contributed by atoms with Gasteiger partial charge in [-0.2, -0.15) is 0 Å². The quantitative estimate of drug-likeness (QED) is 0.532. The molecule has 0 atom stereocenters. The van der Waals surface area contributed by atoms with Gasteiger partial charge in [0.2, 0.25) is 5.71 Å². The van der Waals surface area contributed by atoms with Crippen LogP contribution in [-0.2, 0) is 0 Å². The summed E-state index contributed by atoms with van der Waals surface area (Å²) in [6.07, 6.45) is 1.55. The van der Waals surface area contributed by atoms with Gasteiger partial charge in [-0.25, -0.2) is 9.97 Å². The molecule has 1 N–H and O–H groups in total.